The van der Waals surface area contributed by atoms with Crippen LogP contribution in [0, 0.1) is 4.91 Å². The lowest BCUT2D eigenvalue weighted by Crippen LogP contribution is -2.32. The van der Waals surface area contributed by atoms with E-state index in [9.17, 15) is 14.5 Å². The minimum absolute atomic E-state index is 0.0438. The summed E-state index contributed by atoms with van der Waals surface area (Å²) in [6.45, 7) is 3.05. The Kier molecular flexibility index (Phi) is 6.05. The van der Waals surface area contributed by atoms with Gasteiger partial charge in [0.05, 0.1) is 58.0 Å². The van der Waals surface area contributed by atoms with E-state index in [4.69, 9.17) is 32.7 Å². The molecular formula is C17H16Cl2N2O5. The lowest BCUT2D eigenvalue weighted by Gasteiger charge is -2.33. The summed E-state index contributed by atoms with van der Waals surface area (Å²) in [6, 6.07) is 4.86. The van der Waals surface area contributed by atoms with Crippen molar-refractivity contribution in [2.24, 2.45) is 5.29 Å². The number of carbonyl (C=O) groups is 2. The molecule has 26 heavy (non-hydrogen) atoms. The van der Waals surface area contributed by atoms with Crippen LogP contribution in [0.1, 0.15) is 25.3 Å². The Labute approximate surface area is 160 Å². The van der Waals surface area contributed by atoms with Gasteiger partial charge in [-0.15, -0.1) is 4.91 Å². The summed E-state index contributed by atoms with van der Waals surface area (Å²) in [6.07, 6.45) is 0. The van der Waals surface area contributed by atoms with E-state index in [1.54, 1.807) is 18.2 Å². The minimum Gasteiger partial charge on any atom is -0.466 e. The lowest BCUT2D eigenvalue weighted by atomic mass is 9.80. The van der Waals surface area contributed by atoms with E-state index >= 15 is 0 Å². The zero-order valence-electron chi connectivity index (χ0n) is 14.5. The molecule has 1 aliphatic rings. The van der Waals surface area contributed by atoms with Crippen LogP contribution in [0.3, 0.4) is 0 Å². The summed E-state index contributed by atoms with van der Waals surface area (Å²) in [5, 5.41) is 4.29. The highest BCUT2D eigenvalue weighted by Gasteiger charge is 2.41. The number of ether oxygens (including phenoxy) is 2. The minimum atomic E-state index is -0.931. The highest BCUT2D eigenvalue weighted by atomic mass is 35.5. The maximum Gasteiger partial charge on any atom is 0.336 e. The molecule has 1 aromatic rings. The predicted molar refractivity (Wildman–Crippen MR) is 96.3 cm³/mol. The highest BCUT2D eigenvalue weighted by molar-refractivity contribution is 6.42. The molecule has 0 amide bonds. The summed E-state index contributed by atoms with van der Waals surface area (Å²) in [5.74, 6) is -2.39. The SMILES string of the molecule is COC(=O)C1=C(C)N(N=O)C(C)=C(C(=O)OC)C1c1cccc(Cl)c1Cl. The number of rotatable bonds is 4. The molecule has 7 nitrogen and oxygen atoms in total. The van der Waals surface area contributed by atoms with Crippen molar-refractivity contribution >= 4 is 35.1 Å². The Morgan fingerprint density at radius 1 is 1.04 bits per heavy atom. The fraction of sp³-hybridized carbons (Fsp3) is 0.294. The van der Waals surface area contributed by atoms with Crippen LogP contribution in [-0.2, 0) is 19.1 Å². The number of nitroso groups, excluding NO2 is 1. The molecule has 1 aromatic carbocycles. The van der Waals surface area contributed by atoms with Gasteiger partial charge in [0.15, 0.2) is 0 Å². The average Bonchev–Trinajstić information content (AvgIpc) is 2.63. The van der Waals surface area contributed by atoms with E-state index in [0.29, 0.717) is 5.56 Å². The summed E-state index contributed by atoms with van der Waals surface area (Å²) < 4.78 is 9.71. The number of benzene rings is 1. The van der Waals surface area contributed by atoms with Crippen LogP contribution in [0.4, 0.5) is 0 Å². The molecule has 0 aliphatic carbocycles. The fourth-order valence-electron chi connectivity index (χ4n) is 2.97. The van der Waals surface area contributed by atoms with Crippen molar-refractivity contribution in [2.75, 3.05) is 14.2 Å². The first-order valence-electron chi connectivity index (χ1n) is 7.45. The molecular weight excluding hydrogens is 383 g/mol. The third-order valence-corrected chi connectivity index (χ3v) is 5.01. The monoisotopic (exact) mass is 398 g/mol. The first-order valence-corrected chi connectivity index (χ1v) is 8.21. The van der Waals surface area contributed by atoms with E-state index in [1.165, 1.54) is 28.1 Å². The van der Waals surface area contributed by atoms with Crippen LogP contribution in [-0.4, -0.2) is 31.2 Å². The molecule has 0 spiro atoms. The molecule has 0 N–H and O–H groups in total. The molecule has 138 valence electrons. The molecule has 0 aromatic heterocycles. The van der Waals surface area contributed by atoms with Gasteiger partial charge in [-0.2, -0.15) is 0 Å². The highest BCUT2D eigenvalue weighted by Crippen LogP contribution is 2.46. The second kappa shape index (κ2) is 7.88. The number of hydrogen-bond acceptors (Lipinski definition) is 6. The number of halogens is 2. The van der Waals surface area contributed by atoms with Crippen molar-refractivity contribution in [1.29, 1.82) is 0 Å². The second-order valence-electron chi connectivity index (χ2n) is 5.45. The summed E-state index contributed by atoms with van der Waals surface area (Å²) in [5.41, 5.74) is 0.935. The molecule has 9 heteroatoms. The molecule has 0 bridgehead atoms. The van der Waals surface area contributed by atoms with Crippen molar-refractivity contribution < 1.29 is 19.1 Å². The molecule has 0 fully saturated rings. The largest absolute Gasteiger partial charge is 0.466 e. The Balaban J connectivity index is 2.89. The molecule has 0 unspecified atom stereocenters. The number of hydrogen-bond donors (Lipinski definition) is 0. The molecule has 1 heterocycles. The second-order valence-corrected chi connectivity index (χ2v) is 6.24. The third-order valence-electron chi connectivity index (χ3n) is 4.18. The number of carbonyl (C=O) groups excluding carboxylic acids is 2. The van der Waals surface area contributed by atoms with Gasteiger partial charge in [0.25, 0.3) is 0 Å². The zero-order chi connectivity index (χ0) is 19.6. The Morgan fingerprint density at radius 3 is 1.96 bits per heavy atom. The number of nitrogens with zero attached hydrogens (tertiary/aromatic N) is 2. The maximum absolute atomic E-state index is 12.5. The van der Waals surface area contributed by atoms with E-state index in [-0.39, 0.29) is 32.6 Å². The van der Waals surface area contributed by atoms with Gasteiger partial charge in [-0.05, 0) is 25.5 Å². The fourth-order valence-corrected chi connectivity index (χ4v) is 3.39. The topological polar surface area (TPSA) is 85.3 Å². The predicted octanol–water partition coefficient (Wildman–Crippen LogP) is 3.97. The summed E-state index contributed by atoms with van der Waals surface area (Å²) in [4.78, 5) is 36.3. The van der Waals surface area contributed by atoms with Gasteiger partial charge in [0, 0.05) is 0 Å². The summed E-state index contributed by atoms with van der Waals surface area (Å²) in [7, 11) is 2.39. The first kappa shape index (κ1) is 19.9. The van der Waals surface area contributed by atoms with E-state index < -0.39 is 17.9 Å². The quantitative estimate of drug-likeness (QED) is 0.563. The zero-order valence-corrected chi connectivity index (χ0v) is 16.0. The Bertz CT molecular complexity index is 808. The van der Waals surface area contributed by atoms with E-state index in [0.717, 1.165) is 5.01 Å². The number of allylic oxidation sites excluding steroid dienone is 2. The number of esters is 2. The van der Waals surface area contributed by atoms with Crippen molar-refractivity contribution in [3.8, 4) is 0 Å². The Hall–Kier alpha value is -2.38. The molecule has 0 atom stereocenters. The van der Waals surface area contributed by atoms with E-state index in [1.807, 2.05) is 0 Å². The Morgan fingerprint density at radius 2 is 1.54 bits per heavy atom. The molecule has 2 rings (SSSR count). The molecule has 1 aliphatic heterocycles. The normalized spacial score (nSPS) is 15.2. The van der Waals surface area contributed by atoms with Gasteiger partial charge in [0.2, 0.25) is 0 Å². The van der Waals surface area contributed by atoms with Gasteiger partial charge in [-0.25, -0.2) is 14.6 Å². The van der Waals surface area contributed by atoms with Crippen molar-refractivity contribution in [1.82, 2.24) is 5.01 Å². The van der Waals surface area contributed by atoms with Crippen LogP contribution in [0.2, 0.25) is 10.0 Å². The van der Waals surface area contributed by atoms with Gasteiger partial charge < -0.3 is 9.47 Å². The molecule has 0 radical (unpaired) electrons. The van der Waals surface area contributed by atoms with Crippen molar-refractivity contribution in [3.05, 3.63) is 61.3 Å². The van der Waals surface area contributed by atoms with Gasteiger partial charge in [-0.3, -0.25) is 0 Å². The van der Waals surface area contributed by atoms with Crippen molar-refractivity contribution in [2.45, 2.75) is 19.8 Å². The van der Waals surface area contributed by atoms with E-state index in [2.05, 4.69) is 5.29 Å². The van der Waals surface area contributed by atoms with Crippen molar-refractivity contribution in [3.63, 3.8) is 0 Å². The van der Waals surface area contributed by atoms with Gasteiger partial charge >= 0.3 is 11.9 Å². The van der Waals surface area contributed by atoms with Crippen LogP contribution < -0.4 is 0 Å². The van der Waals surface area contributed by atoms with Crippen LogP contribution in [0.25, 0.3) is 0 Å². The smallest absolute Gasteiger partial charge is 0.336 e. The van der Waals surface area contributed by atoms with Crippen LogP contribution in [0.5, 0.6) is 0 Å². The van der Waals surface area contributed by atoms with Crippen LogP contribution in [0.15, 0.2) is 46.0 Å². The number of methoxy groups -OCH3 is 2. The lowest BCUT2D eigenvalue weighted by molar-refractivity contribution is -0.137. The van der Waals surface area contributed by atoms with Gasteiger partial charge in [0.1, 0.15) is 0 Å². The maximum atomic E-state index is 12.5. The average molecular weight is 399 g/mol. The standard InChI is InChI=1S/C17H16Cl2N2O5/c1-8-12(16(22)25-3)14(10-6-5-7-11(18)15(10)19)13(17(23)26-4)9(2)21(8)20-24/h5-7,14H,1-4H3. The third kappa shape index (κ3) is 3.20. The molecule has 0 saturated carbocycles. The van der Waals surface area contributed by atoms with Gasteiger partial charge in [-0.1, -0.05) is 35.3 Å². The first-order chi connectivity index (χ1) is 12.3. The van der Waals surface area contributed by atoms with Crippen LogP contribution >= 0.6 is 23.2 Å². The summed E-state index contributed by atoms with van der Waals surface area (Å²) >= 11 is 12.4. The molecule has 0 saturated heterocycles.